The maximum Gasteiger partial charge on any atom is 0.258 e. The number of amides is 2. The highest BCUT2D eigenvalue weighted by Gasteiger charge is 2.09. The molecule has 2 rings (SSSR count). The minimum Gasteiger partial charge on any atom is -0.306 e. The number of hydrogen-bond donors (Lipinski definition) is 2. The fraction of sp³-hybridized carbons (Fsp3) is 0.133. The van der Waals surface area contributed by atoms with E-state index in [9.17, 15) is 23.2 Å². The van der Waals surface area contributed by atoms with Crippen LogP contribution in [-0.2, 0) is 16.1 Å². The van der Waals surface area contributed by atoms with E-state index in [0.29, 0.717) is 0 Å². The van der Waals surface area contributed by atoms with Gasteiger partial charge in [0.05, 0.1) is 5.75 Å². The Hall–Kier alpha value is -2.68. The maximum atomic E-state index is 13.4. The number of halogens is 2. The predicted molar refractivity (Wildman–Crippen MR) is 84.1 cm³/mol. The van der Waals surface area contributed by atoms with Crippen molar-refractivity contribution in [3.8, 4) is 0 Å². The van der Waals surface area contributed by atoms with E-state index in [-0.39, 0.29) is 22.8 Å². The van der Waals surface area contributed by atoms with Crippen molar-refractivity contribution in [1.82, 2.24) is 15.4 Å². The van der Waals surface area contributed by atoms with Crippen molar-refractivity contribution >= 4 is 23.6 Å². The lowest BCUT2D eigenvalue weighted by Gasteiger charge is -2.08. The fourth-order valence-corrected chi connectivity index (χ4v) is 2.45. The summed E-state index contributed by atoms with van der Waals surface area (Å²) in [6.45, 7) is -0.258. The standard InChI is InChI=1S/C15H13F2N3O3S/c16-10-4-5-11(17)12(7-10)24-9-14(22)19-18-13(21)8-20-6-2-1-3-15(20)23/h1-7H,8-9H2,(H,18,21)(H,19,22). The monoisotopic (exact) mass is 353 g/mol. The molecule has 0 saturated carbocycles. The van der Waals surface area contributed by atoms with E-state index in [1.165, 1.54) is 16.8 Å². The van der Waals surface area contributed by atoms with E-state index in [4.69, 9.17) is 0 Å². The zero-order valence-corrected chi connectivity index (χ0v) is 13.1. The van der Waals surface area contributed by atoms with Gasteiger partial charge in [-0.25, -0.2) is 8.78 Å². The Balaban J connectivity index is 1.79. The second kappa shape index (κ2) is 8.25. The van der Waals surface area contributed by atoms with Gasteiger partial charge >= 0.3 is 0 Å². The number of nitrogens with zero attached hydrogens (tertiary/aromatic N) is 1. The van der Waals surface area contributed by atoms with Gasteiger partial charge in [-0.2, -0.15) is 0 Å². The van der Waals surface area contributed by atoms with Crippen LogP contribution in [0, 0.1) is 11.6 Å². The molecule has 6 nitrogen and oxygen atoms in total. The molecule has 0 aliphatic heterocycles. The Labute approximate surface area is 139 Å². The molecule has 0 unspecified atom stereocenters. The van der Waals surface area contributed by atoms with Crippen LogP contribution in [0.15, 0.2) is 52.3 Å². The number of hydrogen-bond acceptors (Lipinski definition) is 4. The Kier molecular flexibility index (Phi) is 6.07. The lowest BCUT2D eigenvalue weighted by molar-refractivity contribution is -0.128. The molecule has 0 aliphatic carbocycles. The van der Waals surface area contributed by atoms with E-state index in [2.05, 4.69) is 10.9 Å². The van der Waals surface area contributed by atoms with E-state index < -0.39 is 23.4 Å². The van der Waals surface area contributed by atoms with Gasteiger partial charge in [-0.1, -0.05) is 6.07 Å². The molecule has 1 aromatic carbocycles. The van der Waals surface area contributed by atoms with Gasteiger partial charge in [0.1, 0.15) is 18.2 Å². The Bertz CT molecular complexity index is 811. The van der Waals surface area contributed by atoms with E-state index in [1.807, 2.05) is 0 Å². The highest BCUT2D eigenvalue weighted by atomic mass is 32.2. The summed E-state index contributed by atoms with van der Waals surface area (Å²) in [6.07, 6.45) is 1.44. The number of pyridine rings is 1. The first kappa shape index (κ1) is 17.7. The minimum atomic E-state index is -0.637. The molecule has 126 valence electrons. The predicted octanol–water partition coefficient (Wildman–Crippen LogP) is 1.07. The molecule has 2 N–H and O–H groups in total. The van der Waals surface area contributed by atoms with Crippen molar-refractivity contribution in [2.75, 3.05) is 5.75 Å². The van der Waals surface area contributed by atoms with Crippen LogP contribution < -0.4 is 16.4 Å². The van der Waals surface area contributed by atoms with Gasteiger partial charge < -0.3 is 4.57 Å². The molecule has 0 spiro atoms. The van der Waals surface area contributed by atoms with Crippen LogP contribution in [-0.4, -0.2) is 22.1 Å². The van der Waals surface area contributed by atoms with Crippen LogP contribution in [0.1, 0.15) is 0 Å². The van der Waals surface area contributed by atoms with Crippen molar-refractivity contribution in [3.05, 3.63) is 64.6 Å². The summed E-state index contributed by atoms with van der Waals surface area (Å²) in [6, 6.07) is 7.36. The van der Waals surface area contributed by atoms with Gasteiger partial charge in [0.25, 0.3) is 11.5 Å². The van der Waals surface area contributed by atoms with E-state index in [1.54, 1.807) is 12.1 Å². The molecule has 0 saturated heterocycles. The Morgan fingerprint density at radius 1 is 1.08 bits per heavy atom. The second-order valence-corrected chi connectivity index (χ2v) is 5.64. The lowest BCUT2D eigenvalue weighted by Crippen LogP contribution is -2.44. The van der Waals surface area contributed by atoms with Crippen molar-refractivity contribution in [2.24, 2.45) is 0 Å². The molecule has 0 atom stereocenters. The average molecular weight is 353 g/mol. The summed E-state index contributed by atoms with van der Waals surface area (Å²) in [5.74, 6) is -2.66. The average Bonchev–Trinajstić information content (AvgIpc) is 2.56. The van der Waals surface area contributed by atoms with Crippen LogP contribution >= 0.6 is 11.8 Å². The molecule has 0 fully saturated rings. The summed E-state index contributed by atoms with van der Waals surface area (Å²) < 4.78 is 27.6. The third kappa shape index (κ3) is 5.20. The second-order valence-electron chi connectivity index (χ2n) is 4.63. The number of hydrazine groups is 1. The molecule has 1 heterocycles. The molecule has 0 aliphatic rings. The third-order valence-electron chi connectivity index (χ3n) is 2.81. The van der Waals surface area contributed by atoms with Crippen LogP contribution in [0.2, 0.25) is 0 Å². The zero-order chi connectivity index (χ0) is 17.5. The number of carbonyl (C=O) groups excluding carboxylic acids is 2. The SMILES string of the molecule is O=C(CSc1cc(F)ccc1F)NNC(=O)Cn1ccccc1=O. The maximum absolute atomic E-state index is 13.4. The van der Waals surface area contributed by atoms with Crippen molar-refractivity contribution in [3.63, 3.8) is 0 Å². The third-order valence-corrected chi connectivity index (χ3v) is 3.84. The fourth-order valence-electron chi connectivity index (χ4n) is 1.69. The molecule has 2 amide bonds. The Morgan fingerprint density at radius 3 is 2.58 bits per heavy atom. The first-order chi connectivity index (χ1) is 11.5. The van der Waals surface area contributed by atoms with Crippen LogP contribution in [0.5, 0.6) is 0 Å². The number of thioether (sulfide) groups is 1. The first-order valence-electron chi connectivity index (χ1n) is 6.76. The van der Waals surface area contributed by atoms with Crippen molar-refractivity contribution in [2.45, 2.75) is 11.4 Å². The van der Waals surface area contributed by atoms with Crippen LogP contribution in [0.4, 0.5) is 8.78 Å². The van der Waals surface area contributed by atoms with Gasteiger partial charge in [-0.05, 0) is 24.3 Å². The molecule has 2 aromatic rings. The number of aromatic nitrogens is 1. The summed E-state index contributed by atoms with van der Waals surface area (Å²) in [5, 5.41) is 0. The summed E-state index contributed by atoms with van der Waals surface area (Å²) in [4.78, 5) is 34.7. The van der Waals surface area contributed by atoms with E-state index in [0.717, 1.165) is 30.0 Å². The van der Waals surface area contributed by atoms with Crippen LogP contribution in [0.25, 0.3) is 0 Å². The van der Waals surface area contributed by atoms with Gasteiger partial charge in [-0.15, -0.1) is 11.8 Å². The molecule has 1 aromatic heterocycles. The Morgan fingerprint density at radius 2 is 1.83 bits per heavy atom. The van der Waals surface area contributed by atoms with E-state index >= 15 is 0 Å². The topological polar surface area (TPSA) is 80.2 Å². The van der Waals surface area contributed by atoms with Gasteiger partial charge in [0, 0.05) is 17.2 Å². The quantitative estimate of drug-likeness (QED) is 0.622. The number of carbonyl (C=O) groups is 2. The van der Waals surface area contributed by atoms with Crippen molar-refractivity contribution in [1.29, 1.82) is 0 Å². The number of rotatable bonds is 5. The van der Waals surface area contributed by atoms with Gasteiger partial charge in [-0.3, -0.25) is 25.2 Å². The molecular formula is C15H13F2N3O3S. The first-order valence-corrected chi connectivity index (χ1v) is 7.75. The van der Waals surface area contributed by atoms with Crippen molar-refractivity contribution < 1.29 is 18.4 Å². The lowest BCUT2D eigenvalue weighted by atomic mass is 10.3. The zero-order valence-electron chi connectivity index (χ0n) is 12.3. The molecule has 0 bridgehead atoms. The minimum absolute atomic E-state index is 0.00712. The summed E-state index contributed by atoms with van der Waals surface area (Å²) in [7, 11) is 0. The molecular weight excluding hydrogens is 340 g/mol. The number of benzene rings is 1. The van der Waals surface area contributed by atoms with Gasteiger partial charge in [0.15, 0.2) is 0 Å². The molecule has 9 heteroatoms. The molecule has 0 radical (unpaired) electrons. The van der Waals surface area contributed by atoms with Gasteiger partial charge in [0.2, 0.25) is 5.91 Å². The summed E-state index contributed by atoms with van der Waals surface area (Å²) >= 11 is 0.794. The highest BCUT2D eigenvalue weighted by molar-refractivity contribution is 8.00. The largest absolute Gasteiger partial charge is 0.306 e. The molecule has 24 heavy (non-hydrogen) atoms. The smallest absolute Gasteiger partial charge is 0.258 e. The highest BCUT2D eigenvalue weighted by Crippen LogP contribution is 2.22. The number of nitrogens with one attached hydrogen (secondary N) is 2. The normalized spacial score (nSPS) is 10.2. The summed E-state index contributed by atoms with van der Waals surface area (Å²) in [5.41, 5.74) is 3.93. The van der Waals surface area contributed by atoms with Crippen LogP contribution in [0.3, 0.4) is 0 Å².